The number of nitrogens with zero attached hydrogens (tertiary/aromatic N) is 2. The molecular formula is C23H12F4N2O5. The summed E-state index contributed by atoms with van der Waals surface area (Å²) in [5.41, 5.74) is -2.09. The van der Waals surface area contributed by atoms with Crippen molar-refractivity contribution in [1.29, 1.82) is 0 Å². The van der Waals surface area contributed by atoms with Crippen LogP contribution in [0.15, 0.2) is 77.4 Å². The van der Waals surface area contributed by atoms with Crippen LogP contribution in [0.1, 0.15) is 16.7 Å². The van der Waals surface area contributed by atoms with E-state index in [0.29, 0.717) is 12.1 Å². The van der Waals surface area contributed by atoms with Crippen molar-refractivity contribution in [1.82, 2.24) is 0 Å². The van der Waals surface area contributed by atoms with Crippen LogP contribution in [-0.4, -0.2) is 16.8 Å². The highest BCUT2D eigenvalue weighted by Gasteiger charge is 2.33. The Morgan fingerprint density at radius 3 is 2.41 bits per heavy atom. The van der Waals surface area contributed by atoms with E-state index >= 15 is 0 Å². The zero-order chi connectivity index (χ0) is 24.5. The monoisotopic (exact) mass is 472 g/mol. The molecule has 0 atom stereocenters. The van der Waals surface area contributed by atoms with Crippen LogP contribution in [0.25, 0.3) is 6.08 Å². The number of para-hydroxylation sites is 1. The highest BCUT2D eigenvalue weighted by Crippen LogP contribution is 2.39. The molecule has 1 aliphatic rings. The molecule has 0 saturated carbocycles. The van der Waals surface area contributed by atoms with Crippen LogP contribution in [0, 0.1) is 15.9 Å². The number of carbonyl (C=O) groups is 1. The number of cyclic esters (lactones) is 1. The van der Waals surface area contributed by atoms with Crippen LogP contribution in [0.2, 0.25) is 0 Å². The molecule has 11 heteroatoms. The Kier molecular flexibility index (Phi) is 5.84. The van der Waals surface area contributed by atoms with Gasteiger partial charge in [0.1, 0.15) is 11.6 Å². The SMILES string of the molecule is O=C1OC(c2ccccc2F)=N/C1=C\c1ccccc1Oc1ccc(C(F)(F)F)cc1[N+](=O)[O-]. The number of hydrogen-bond acceptors (Lipinski definition) is 6. The molecule has 1 aliphatic heterocycles. The summed E-state index contributed by atoms with van der Waals surface area (Å²) in [6.45, 7) is 0. The van der Waals surface area contributed by atoms with Gasteiger partial charge in [-0.25, -0.2) is 14.2 Å². The number of nitro groups is 1. The first-order chi connectivity index (χ1) is 16.1. The Bertz CT molecular complexity index is 1370. The second-order valence-corrected chi connectivity index (χ2v) is 6.89. The zero-order valence-corrected chi connectivity index (χ0v) is 16.9. The van der Waals surface area contributed by atoms with Crippen molar-refractivity contribution in [3.63, 3.8) is 0 Å². The van der Waals surface area contributed by atoms with Crippen LogP contribution in [0.5, 0.6) is 11.5 Å². The highest BCUT2D eigenvalue weighted by atomic mass is 19.4. The van der Waals surface area contributed by atoms with Gasteiger partial charge in [-0.05, 0) is 36.4 Å². The van der Waals surface area contributed by atoms with Crippen molar-refractivity contribution < 1.29 is 36.8 Å². The number of esters is 1. The number of ether oxygens (including phenoxy) is 2. The molecule has 172 valence electrons. The van der Waals surface area contributed by atoms with E-state index in [-0.39, 0.29) is 28.5 Å². The molecule has 34 heavy (non-hydrogen) atoms. The minimum absolute atomic E-state index is 0.000186. The van der Waals surface area contributed by atoms with E-state index in [0.717, 1.165) is 6.07 Å². The molecule has 0 unspecified atom stereocenters. The molecule has 3 aromatic rings. The lowest BCUT2D eigenvalue weighted by Gasteiger charge is -2.11. The number of aliphatic imine (C=N–C) groups is 1. The second kappa shape index (κ2) is 8.77. The largest absolute Gasteiger partial charge is 0.449 e. The number of carbonyl (C=O) groups excluding carboxylic acids is 1. The van der Waals surface area contributed by atoms with Crippen molar-refractivity contribution in [2.45, 2.75) is 6.18 Å². The maximum absolute atomic E-state index is 14.0. The fraction of sp³-hybridized carbons (Fsp3) is 0.0435. The van der Waals surface area contributed by atoms with Gasteiger partial charge in [-0.3, -0.25) is 10.1 Å². The average Bonchev–Trinajstić information content (AvgIpc) is 3.14. The molecule has 0 aliphatic carbocycles. The summed E-state index contributed by atoms with van der Waals surface area (Å²) in [5.74, 6) is -2.19. The summed E-state index contributed by atoms with van der Waals surface area (Å²) in [6, 6.07) is 13.4. The van der Waals surface area contributed by atoms with Crippen molar-refractivity contribution >= 4 is 23.6 Å². The molecule has 0 saturated heterocycles. The molecule has 7 nitrogen and oxygen atoms in total. The topological polar surface area (TPSA) is 91.0 Å². The lowest BCUT2D eigenvalue weighted by molar-refractivity contribution is -0.385. The molecule has 0 amide bonds. The minimum Gasteiger partial charge on any atom is -0.449 e. The van der Waals surface area contributed by atoms with Gasteiger partial charge < -0.3 is 9.47 Å². The first-order valence-corrected chi connectivity index (χ1v) is 9.53. The van der Waals surface area contributed by atoms with Crippen LogP contribution in [-0.2, 0) is 15.7 Å². The van der Waals surface area contributed by atoms with Gasteiger partial charge in [0.2, 0.25) is 11.6 Å². The van der Waals surface area contributed by atoms with Gasteiger partial charge in [-0.15, -0.1) is 0 Å². The molecular weight excluding hydrogens is 460 g/mol. The smallest absolute Gasteiger partial charge is 0.416 e. The van der Waals surface area contributed by atoms with E-state index < -0.39 is 39.9 Å². The van der Waals surface area contributed by atoms with Gasteiger partial charge in [-0.1, -0.05) is 30.3 Å². The normalized spacial score (nSPS) is 14.6. The lowest BCUT2D eigenvalue weighted by atomic mass is 10.1. The fourth-order valence-corrected chi connectivity index (χ4v) is 3.04. The molecule has 0 radical (unpaired) electrons. The summed E-state index contributed by atoms with van der Waals surface area (Å²) >= 11 is 0. The fourth-order valence-electron chi connectivity index (χ4n) is 3.04. The van der Waals surface area contributed by atoms with E-state index in [4.69, 9.17) is 9.47 Å². The van der Waals surface area contributed by atoms with Gasteiger partial charge in [0, 0.05) is 11.6 Å². The van der Waals surface area contributed by atoms with Crippen molar-refractivity contribution in [2.75, 3.05) is 0 Å². The Labute approximate surface area is 188 Å². The maximum Gasteiger partial charge on any atom is 0.416 e. The molecule has 0 N–H and O–H groups in total. The first-order valence-electron chi connectivity index (χ1n) is 9.53. The van der Waals surface area contributed by atoms with Gasteiger partial charge in [0.25, 0.3) is 0 Å². The van der Waals surface area contributed by atoms with E-state index in [9.17, 15) is 32.5 Å². The Morgan fingerprint density at radius 2 is 1.71 bits per heavy atom. The van der Waals surface area contributed by atoms with Crippen molar-refractivity contribution in [2.24, 2.45) is 4.99 Å². The van der Waals surface area contributed by atoms with Gasteiger partial charge in [0.05, 0.1) is 16.1 Å². The van der Waals surface area contributed by atoms with E-state index in [1.54, 1.807) is 6.07 Å². The first kappa shape index (κ1) is 22.6. The van der Waals surface area contributed by atoms with E-state index in [1.807, 2.05) is 0 Å². The molecule has 0 aromatic heterocycles. The van der Waals surface area contributed by atoms with Crippen LogP contribution >= 0.6 is 0 Å². The van der Waals surface area contributed by atoms with E-state index in [1.165, 1.54) is 48.5 Å². The number of nitro benzene ring substituents is 1. The van der Waals surface area contributed by atoms with Crippen molar-refractivity contribution in [3.05, 3.63) is 105 Å². The summed E-state index contributed by atoms with van der Waals surface area (Å²) in [7, 11) is 0. The predicted molar refractivity (Wildman–Crippen MR) is 112 cm³/mol. The minimum atomic E-state index is -4.78. The van der Waals surface area contributed by atoms with Gasteiger partial charge in [0.15, 0.2) is 5.70 Å². The van der Waals surface area contributed by atoms with Crippen LogP contribution in [0.4, 0.5) is 23.2 Å². The number of hydrogen-bond donors (Lipinski definition) is 0. The Morgan fingerprint density at radius 1 is 1.00 bits per heavy atom. The summed E-state index contributed by atoms with van der Waals surface area (Å²) in [5, 5.41) is 11.3. The van der Waals surface area contributed by atoms with Crippen molar-refractivity contribution in [3.8, 4) is 11.5 Å². The molecule has 0 fully saturated rings. The average molecular weight is 472 g/mol. The third-order valence-electron chi connectivity index (χ3n) is 4.64. The molecule has 1 heterocycles. The quantitative estimate of drug-likeness (QED) is 0.152. The lowest BCUT2D eigenvalue weighted by Crippen LogP contribution is -2.07. The molecule has 0 spiro atoms. The molecule has 3 aromatic carbocycles. The summed E-state index contributed by atoms with van der Waals surface area (Å²) in [4.78, 5) is 26.6. The number of benzene rings is 3. The standard InChI is InChI=1S/C23H12F4N2O5/c24-16-7-3-2-6-15(16)21-28-17(22(30)34-21)11-13-5-1-4-8-19(13)33-20-10-9-14(23(25,26)27)12-18(20)29(31)32/h1-12H/b17-11-. The summed E-state index contributed by atoms with van der Waals surface area (Å²) < 4.78 is 63.4. The van der Waals surface area contributed by atoms with E-state index in [2.05, 4.69) is 4.99 Å². The third-order valence-corrected chi connectivity index (χ3v) is 4.64. The Balaban J connectivity index is 1.70. The van der Waals surface area contributed by atoms with Gasteiger partial charge in [-0.2, -0.15) is 13.2 Å². The predicted octanol–water partition coefficient (Wildman–Crippen LogP) is 5.89. The second-order valence-electron chi connectivity index (χ2n) is 6.89. The third kappa shape index (κ3) is 4.63. The number of rotatable bonds is 5. The number of halogens is 4. The molecule has 4 rings (SSSR count). The van der Waals surface area contributed by atoms with Gasteiger partial charge >= 0.3 is 17.8 Å². The van der Waals surface area contributed by atoms with Crippen LogP contribution < -0.4 is 4.74 Å². The number of alkyl halides is 3. The van der Waals surface area contributed by atoms with Crippen LogP contribution in [0.3, 0.4) is 0 Å². The zero-order valence-electron chi connectivity index (χ0n) is 16.9. The Hall–Kier alpha value is -4.54. The molecule has 0 bridgehead atoms. The summed E-state index contributed by atoms with van der Waals surface area (Å²) in [6.07, 6.45) is -3.52. The maximum atomic E-state index is 14.0. The highest BCUT2D eigenvalue weighted by molar-refractivity contribution is 6.13.